The minimum absolute atomic E-state index is 0.0672. The Balaban J connectivity index is 1.50. The Morgan fingerprint density at radius 3 is 2.76 bits per heavy atom. The molecule has 0 atom stereocenters. The highest BCUT2D eigenvalue weighted by atomic mass is 16.6. The number of rotatable bonds is 3. The first kappa shape index (κ1) is 15.2. The summed E-state index contributed by atoms with van der Waals surface area (Å²) < 4.78 is 16.2. The summed E-state index contributed by atoms with van der Waals surface area (Å²) in [5.74, 6) is 1.37. The summed E-state index contributed by atoms with van der Waals surface area (Å²) in [5.41, 5.74) is 7.01. The predicted octanol–water partition coefficient (Wildman–Crippen LogP) is 2.34. The number of para-hydroxylation sites is 1. The van der Waals surface area contributed by atoms with Gasteiger partial charge in [-0.25, -0.2) is 14.8 Å². The van der Waals surface area contributed by atoms with Crippen LogP contribution in [0, 0.1) is 0 Å². The molecule has 0 radical (unpaired) electrons. The van der Waals surface area contributed by atoms with Gasteiger partial charge in [-0.3, -0.25) is 0 Å². The maximum absolute atomic E-state index is 12.2. The summed E-state index contributed by atoms with van der Waals surface area (Å²) in [4.78, 5) is 20.8. The Labute approximate surface area is 143 Å². The second kappa shape index (κ2) is 6.27. The lowest BCUT2D eigenvalue weighted by molar-refractivity contribution is 0.0461. The van der Waals surface area contributed by atoms with Gasteiger partial charge in [0.15, 0.2) is 23.9 Å². The Morgan fingerprint density at radius 1 is 1.08 bits per heavy atom. The van der Waals surface area contributed by atoms with Gasteiger partial charge in [0.2, 0.25) is 0 Å². The van der Waals surface area contributed by atoms with Crippen molar-refractivity contribution in [3.8, 4) is 11.5 Å². The maximum Gasteiger partial charge on any atom is 0.338 e. The van der Waals surface area contributed by atoms with Crippen LogP contribution in [0.2, 0.25) is 0 Å². The van der Waals surface area contributed by atoms with E-state index in [1.165, 1.54) is 0 Å². The van der Waals surface area contributed by atoms with Crippen LogP contribution in [0.25, 0.3) is 10.9 Å². The number of nitrogens with two attached hydrogens (primary N) is 1. The fourth-order valence-electron chi connectivity index (χ4n) is 2.60. The van der Waals surface area contributed by atoms with Crippen molar-refractivity contribution >= 4 is 22.7 Å². The second-order valence-corrected chi connectivity index (χ2v) is 5.48. The first-order chi connectivity index (χ1) is 12.2. The van der Waals surface area contributed by atoms with Crippen LogP contribution in [-0.2, 0) is 11.3 Å². The van der Waals surface area contributed by atoms with Gasteiger partial charge in [-0.05, 0) is 30.3 Å². The molecule has 25 heavy (non-hydrogen) atoms. The van der Waals surface area contributed by atoms with Gasteiger partial charge in [-0.1, -0.05) is 12.1 Å². The van der Waals surface area contributed by atoms with Gasteiger partial charge in [0.25, 0.3) is 0 Å². The number of carbonyl (C=O) groups excluding carboxylic acids is 1. The highest BCUT2D eigenvalue weighted by Gasteiger charge is 2.16. The Bertz CT molecular complexity index is 958. The number of nitrogen functional groups attached to an aromatic ring is 1. The molecule has 2 heterocycles. The highest BCUT2D eigenvalue weighted by molar-refractivity contribution is 5.90. The smallest absolute Gasteiger partial charge is 0.338 e. The minimum atomic E-state index is -0.493. The average Bonchev–Trinajstić information content (AvgIpc) is 2.66. The van der Waals surface area contributed by atoms with Crippen molar-refractivity contribution in [1.82, 2.24) is 9.97 Å². The molecule has 7 heteroatoms. The van der Waals surface area contributed by atoms with Crippen molar-refractivity contribution in [2.45, 2.75) is 6.61 Å². The molecule has 1 aliphatic heterocycles. The largest absolute Gasteiger partial charge is 0.486 e. The zero-order valence-electron chi connectivity index (χ0n) is 13.3. The molecule has 4 rings (SSSR count). The summed E-state index contributed by atoms with van der Waals surface area (Å²) in [6, 6.07) is 12.3. The van der Waals surface area contributed by atoms with E-state index in [1.54, 1.807) is 18.2 Å². The topological polar surface area (TPSA) is 96.6 Å². The molecule has 2 N–H and O–H groups in total. The predicted molar refractivity (Wildman–Crippen MR) is 90.5 cm³/mol. The average molecular weight is 337 g/mol. The van der Waals surface area contributed by atoms with Crippen molar-refractivity contribution in [3.63, 3.8) is 0 Å². The molecule has 3 aromatic rings. The number of esters is 1. The molecule has 0 fully saturated rings. The Kier molecular flexibility index (Phi) is 3.81. The zero-order chi connectivity index (χ0) is 17.2. The van der Waals surface area contributed by atoms with E-state index in [9.17, 15) is 4.79 Å². The first-order valence-corrected chi connectivity index (χ1v) is 7.78. The second-order valence-electron chi connectivity index (χ2n) is 5.48. The third kappa shape index (κ3) is 3.03. The van der Waals surface area contributed by atoms with Crippen LogP contribution in [0.15, 0.2) is 42.5 Å². The summed E-state index contributed by atoms with van der Waals surface area (Å²) in [7, 11) is 0. The van der Waals surface area contributed by atoms with Crippen molar-refractivity contribution in [3.05, 3.63) is 53.9 Å². The van der Waals surface area contributed by atoms with Gasteiger partial charge < -0.3 is 19.9 Å². The van der Waals surface area contributed by atoms with E-state index in [-0.39, 0.29) is 6.61 Å². The molecular weight excluding hydrogens is 322 g/mol. The number of anilines is 1. The lowest BCUT2D eigenvalue weighted by Gasteiger charge is -2.18. The van der Waals surface area contributed by atoms with Gasteiger partial charge in [-0.2, -0.15) is 0 Å². The summed E-state index contributed by atoms with van der Waals surface area (Å²) >= 11 is 0. The molecule has 0 aliphatic carbocycles. The monoisotopic (exact) mass is 337 g/mol. The molecular formula is C18H15N3O4. The molecule has 7 nitrogen and oxygen atoms in total. The fourth-order valence-corrected chi connectivity index (χ4v) is 2.60. The molecule has 0 unspecified atom stereocenters. The van der Waals surface area contributed by atoms with E-state index in [1.807, 2.05) is 24.3 Å². The minimum Gasteiger partial charge on any atom is -0.486 e. The quantitative estimate of drug-likeness (QED) is 0.733. The van der Waals surface area contributed by atoms with Crippen LogP contribution in [0.1, 0.15) is 16.2 Å². The lowest BCUT2D eigenvalue weighted by atomic mass is 10.2. The Morgan fingerprint density at radius 2 is 1.88 bits per heavy atom. The van der Waals surface area contributed by atoms with Crippen molar-refractivity contribution in [2.24, 2.45) is 0 Å². The lowest BCUT2D eigenvalue weighted by Crippen LogP contribution is -2.16. The Hall–Kier alpha value is -3.35. The summed E-state index contributed by atoms with van der Waals surface area (Å²) in [5, 5.41) is 0.768. The fraction of sp³-hybridized carbons (Fsp3) is 0.167. The number of hydrogen-bond acceptors (Lipinski definition) is 7. The molecule has 0 bridgehead atoms. The van der Waals surface area contributed by atoms with Crippen LogP contribution >= 0.6 is 0 Å². The van der Waals surface area contributed by atoms with Crippen molar-refractivity contribution in [2.75, 3.05) is 18.9 Å². The van der Waals surface area contributed by atoms with E-state index in [0.717, 1.165) is 5.39 Å². The van der Waals surface area contributed by atoms with Crippen LogP contribution in [-0.4, -0.2) is 29.2 Å². The number of hydrogen-bond donors (Lipinski definition) is 1. The summed E-state index contributed by atoms with van der Waals surface area (Å²) in [6.07, 6.45) is 0. The maximum atomic E-state index is 12.2. The molecule has 0 saturated heterocycles. The first-order valence-electron chi connectivity index (χ1n) is 7.78. The molecule has 1 aromatic heterocycles. The van der Waals surface area contributed by atoms with Gasteiger partial charge in [-0.15, -0.1) is 0 Å². The number of carbonyl (C=O) groups is 1. The van der Waals surface area contributed by atoms with E-state index in [0.29, 0.717) is 47.4 Å². The van der Waals surface area contributed by atoms with Crippen LogP contribution in [0.3, 0.4) is 0 Å². The van der Waals surface area contributed by atoms with E-state index < -0.39 is 5.97 Å². The number of fused-ring (bicyclic) bond motifs is 2. The third-order valence-corrected chi connectivity index (χ3v) is 3.79. The van der Waals surface area contributed by atoms with Gasteiger partial charge >= 0.3 is 5.97 Å². The van der Waals surface area contributed by atoms with Crippen LogP contribution < -0.4 is 15.2 Å². The molecule has 0 saturated carbocycles. The van der Waals surface area contributed by atoms with E-state index in [4.69, 9.17) is 19.9 Å². The zero-order valence-corrected chi connectivity index (χ0v) is 13.3. The number of benzene rings is 2. The van der Waals surface area contributed by atoms with Gasteiger partial charge in [0, 0.05) is 5.39 Å². The highest BCUT2D eigenvalue weighted by Crippen LogP contribution is 2.31. The molecule has 1 aliphatic rings. The van der Waals surface area contributed by atoms with E-state index in [2.05, 4.69) is 9.97 Å². The van der Waals surface area contributed by atoms with E-state index >= 15 is 0 Å². The van der Waals surface area contributed by atoms with Gasteiger partial charge in [0.05, 0.1) is 11.1 Å². The van der Waals surface area contributed by atoms with Crippen LogP contribution in [0.5, 0.6) is 11.5 Å². The van der Waals surface area contributed by atoms with Crippen molar-refractivity contribution in [1.29, 1.82) is 0 Å². The van der Waals surface area contributed by atoms with Crippen molar-refractivity contribution < 1.29 is 19.0 Å². The molecule has 0 spiro atoms. The number of nitrogens with zero attached hydrogens (tertiary/aromatic N) is 2. The van der Waals surface area contributed by atoms with Crippen LogP contribution in [0.4, 0.5) is 5.82 Å². The summed E-state index contributed by atoms with van der Waals surface area (Å²) in [6.45, 7) is 0.884. The number of ether oxygens (including phenoxy) is 3. The standard InChI is InChI=1S/C18H15N3O4/c19-17-12-3-1-2-4-13(12)20-16(21-17)10-25-18(22)11-5-6-14-15(9-11)24-8-7-23-14/h1-6,9H,7-8,10H2,(H2,19,20,21). The van der Waals surface area contributed by atoms with Gasteiger partial charge in [0.1, 0.15) is 19.0 Å². The molecule has 2 aromatic carbocycles. The SMILES string of the molecule is Nc1nc(COC(=O)c2ccc3c(c2)OCCO3)nc2ccccc12. The molecule has 0 amide bonds. The number of aromatic nitrogens is 2. The third-order valence-electron chi connectivity index (χ3n) is 3.79. The normalized spacial score (nSPS) is 12.8. The molecule has 126 valence electrons.